The Labute approximate surface area is 189 Å². The molecule has 2 fully saturated rings. The zero-order valence-corrected chi connectivity index (χ0v) is 17.9. The summed E-state index contributed by atoms with van der Waals surface area (Å²) in [5.74, 6) is -3.38. The van der Waals surface area contributed by atoms with E-state index < -0.39 is 29.7 Å². The van der Waals surface area contributed by atoms with Gasteiger partial charge in [0.2, 0.25) is 0 Å². The summed E-state index contributed by atoms with van der Waals surface area (Å²) in [6.07, 6.45) is 0.836. The quantitative estimate of drug-likeness (QED) is 0.661. The lowest BCUT2D eigenvalue weighted by Gasteiger charge is -2.36. The Morgan fingerprint density at radius 1 is 1.22 bits per heavy atom. The number of hydrogen-bond acceptors (Lipinski definition) is 6. The van der Waals surface area contributed by atoms with Gasteiger partial charge in [0.05, 0.1) is 5.56 Å². The van der Waals surface area contributed by atoms with Crippen LogP contribution in [0.1, 0.15) is 28.8 Å². The molecule has 0 aliphatic carbocycles. The van der Waals surface area contributed by atoms with Crippen LogP contribution in [0, 0.1) is 17.6 Å². The number of rotatable bonds is 5. The Morgan fingerprint density at radius 2 is 1.94 bits per heavy atom. The van der Waals surface area contributed by atoms with Crippen LogP contribution in [-0.4, -0.2) is 47.5 Å². The molecule has 2 saturated heterocycles. The molecule has 2 aliphatic rings. The van der Waals surface area contributed by atoms with E-state index >= 15 is 0 Å². The fraction of sp³-hybridized carbons (Fsp3) is 0.364. The predicted molar refractivity (Wildman–Crippen MR) is 114 cm³/mol. The van der Waals surface area contributed by atoms with Crippen LogP contribution in [0.4, 0.5) is 14.5 Å². The highest BCUT2D eigenvalue weighted by Crippen LogP contribution is 2.27. The number of nitrogens with two attached hydrogens (primary N) is 1. The summed E-state index contributed by atoms with van der Waals surface area (Å²) >= 11 is 5.94. The van der Waals surface area contributed by atoms with Crippen molar-refractivity contribution in [3.8, 4) is 0 Å². The van der Waals surface area contributed by atoms with E-state index in [1.54, 1.807) is 0 Å². The lowest BCUT2D eigenvalue weighted by atomic mass is 10.0. The van der Waals surface area contributed by atoms with Crippen molar-refractivity contribution in [2.24, 2.45) is 5.92 Å². The topological polar surface area (TPSA) is 87.9 Å². The van der Waals surface area contributed by atoms with Crippen molar-refractivity contribution in [3.63, 3.8) is 0 Å². The molecule has 0 saturated carbocycles. The highest BCUT2D eigenvalue weighted by Gasteiger charge is 2.36. The largest absolute Gasteiger partial charge is 0.398 e. The maximum atomic E-state index is 13.7. The second-order valence-electron chi connectivity index (χ2n) is 8.15. The lowest BCUT2D eigenvalue weighted by molar-refractivity contribution is -0.167. The van der Waals surface area contributed by atoms with Gasteiger partial charge in [0, 0.05) is 29.9 Å². The van der Waals surface area contributed by atoms with Crippen LogP contribution in [0.25, 0.3) is 0 Å². The van der Waals surface area contributed by atoms with E-state index in [-0.39, 0.29) is 23.7 Å². The highest BCUT2D eigenvalue weighted by atomic mass is 35.5. The van der Waals surface area contributed by atoms with E-state index in [1.165, 1.54) is 4.90 Å². The van der Waals surface area contributed by atoms with Crippen molar-refractivity contribution in [3.05, 3.63) is 64.2 Å². The second-order valence-corrected chi connectivity index (χ2v) is 8.58. The van der Waals surface area contributed by atoms with Crippen molar-refractivity contribution in [1.82, 2.24) is 15.3 Å². The molecule has 0 bridgehead atoms. The van der Waals surface area contributed by atoms with E-state index in [0.29, 0.717) is 11.4 Å². The fourth-order valence-electron chi connectivity index (χ4n) is 4.18. The lowest BCUT2D eigenvalue weighted by Crippen LogP contribution is -2.57. The number of carbonyl (C=O) groups excluding carboxylic acids is 2. The number of nitrogens with one attached hydrogen (secondary N) is 1. The van der Waals surface area contributed by atoms with Crippen LogP contribution < -0.4 is 11.2 Å². The minimum Gasteiger partial charge on any atom is -0.398 e. The van der Waals surface area contributed by atoms with Gasteiger partial charge in [0.25, 0.3) is 5.91 Å². The first-order valence-electron chi connectivity index (χ1n) is 10.3. The molecule has 7 nitrogen and oxygen atoms in total. The number of nitrogens with zero attached hydrogens (tertiary/aromatic N) is 2. The number of halogens is 3. The van der Waals surface area contributed by atoms with Crippen molar-refractivity contribution in [1.29, 1.82) is 0 Å². The molecule has 2 atom stereocenters. The second kappa shape index (κ2) is 9.40. The van der Waals surface area contributed by atoms with Gasteiger partial charge in [0.1, 0.15) is 12.7 Å². The summed E-state index contributed by atoms with van der Waals surface area (Å²) in [4.78, 5) is 33.4. The number of benzene rings is 2. The summed E-state index contributed by atoms with van der Waals surface area (Å²) in [7, 11) is 0. The zero-order valence-electron chi connectivity index (χ0n) is 17.2. The first-order chi connectivity index (χ1) is 15.3. The van der Waals surface area contributed by atoms with Crippen molar-refractivity contribution >= 4 is 29.2 Å². The Kier molecular flexibility index (Phi) is 6.59. The van der Waals surface area contributed by atoms with Crippen LogP contribution >= 0.6 is 11.6 Å². The molecule has 3 N–H and O–H groups in total. The average molecular weight is 465 g/mol. The third kappa shape index (κ3) is 5.01. The van der Waals surface area contributed by atoms with Gasteiger partial charge in [-0.25, -0.2) is 13.6 Å². The van der Waals surface area contributed by atoms with Gasteiger partial charge in [-0.05, 0) is 49.1 Å². The molecule has 2 aromatic rings. The summed E-state index contributed by atoms with van der Waals surface area (Å²) in [5, 5.41) is 0.692. The third-order valence-corrected chi connectivity index (χ3v) is 6.07. The fourth-order valence-corrected chi connectivity index (χ4v) is 4.31. The molecule has 0 spiro atoms. The molecule has 2 aliphatic heterocycles. The summed E-state index contributed by atoms with van der Waals surface area (Å²) in [5.41, 5.74) is 9.13. The van der Waals surface area contributed by atoms with E-state index in [1.807, 2.05) is 24.3 Å². The molecule has 0 radical (unpaired) electrons. The number of amides is 1. The summed E-state index contributed by atoms with van der Waals surface area (Å²) < 4.78 is 27.1. The maximum absolute atomic E-state index is 13.7. The van der Waals surface area contributed by atoms with Gasteiger partial charge in [0.15, 0.2) is 11.6 Å². The van der Waals surface area contributed by atoms with E-state index in [2.05, 4.69) is 10.4 Å². The Hall–Kier alpha value is -2.75. The van der Waals surface area contributed by atoms with Crippen molar-refractivity contribution < 1.29 is 23.2 Å². The Morgan fingerprint density at radius 3 is 2.69 bits per heavy atom. The van der Waals surface area contributed by atoms with Gasteiger partial charge in [-0.1, -0.05) is 23.7 Å². The zero-order chi connectivity index (χ0) is 22.8. The van der Waals surface area contributed by atoms with Crippen LogP contribution in [0.15, 0.2) is 36.4 Å². The van der Waals surface area contributed by atoms with Gasteiger partial charge in [-0.15, -0.1) is 5.48 Å². The summed E-state index contributed by atoms with van der Waals surface area (Å²) in [6.45, 7) is 2.18. The van der Waals surface area contributed by atoms with Gasteiger partial charge in [-0.3, -0.25) is 9.69 Å². The third-order valence-electron chi connectivity index (χ3n) is 5.81. The van der Waals surface area contributed by atoms with Crippen LogP contribution in [-0.2, 0) is 16.2 Å². The molecule has 2 heterocycles. The van der Waals surface area contributed by atoms with E-state index in [0.717, 1.165) is 43.8 Å². The summed E-state index contributed by atoms with van der Waals surface area (Å²) in [6, 6.07) is 9.22. The van der Waals surface area contributed by atoms with Crippen LogP contribution in [0.5, 0.6) is 0 Å². The van der Waals surface area contributed by atoms with Gasteiger partial charge >= 0.3 is 5.97 Å². The maximum Gasteiger partial charge on any atom is 0.344 e. The van der Waals surface area contributed by atoms with Crippen molar-refractivity contribution in [2.75, 3.05) is 25.4 Å². The SMILES string of the molecule is Nc1cc(F)c(F)cc1C(=O)N1CC(=O)ONC1CC1CCN(Cc2ccc(Cl)cc2)C1. The number of nitrogen functional groups attached to an aromatic ring is 1. The number of hydrogen-bond donors (Lipinski definition) is 2. The number of anilines is 1. The molecule has 170 valence electrons. The number of likely N-dealkylation sites (tertiary alicyclic amines) is 1. The molecule has 2 aromatic carbocycles. The smallest absolute Gasteiger partial charge is 0.344 e. The molecule has 32 heavy (non-hydrogen) atoms. The molecule has 10 heteroatoms. The van der Waals surface area contributed by atoms with E-state index in [9.17, 15) is 18.4 Å². The Balaban J connectivity index is 1.43. The van der Waals surface area contributed by atoms with Crippen LogP contribution in [0.3, 0.4) is 0 Å². The molecule has 4 rings (SSSR count). The van der Waals surface area contributed by atoms with Crippen LogP contribution in [0.2, 0.25) is 5.02 Å². The molecule has 0 aromatic heterocycles. The van der Waals surface area contributed by atoms with Crippen molar-refractivity contribution in [2.45, 2.75) is 25.6 Å². The average Bonchev–Trinajstić information content (AvgIpc) is 3.20. The molecular weight excluding hydrogens is 442 g/mol. The standard InChI is InChI=1S/C22H23ClF2N4O3/c23-15-3-1-13(2-4-15)10-28-6-5-14(11-28)7-20-27-32-21(30)12-29(20)22(31)16-8-17(24)18(25)9-19(16)26/h1-4,8-9,14,20,27H,5-7,10-12,26H2. The Bertz CT molecular complexity index is 1020. The predicted octanol–water partition coefficient (Wildman–Crippen LogP) is 2.94. The van der Waals surface area contributed by atoms with Gasteiger partial charge in [-0.2, -0.15) is 0 Å². The number of hydroxylamine groups is 1. The molecular formula is C22H23ClF2N4O3. The minimum atomic E-state index is -1.18. The molecule has 2 unspecified atom stereocenters. The first kappa shape index (κ1) is 22.4. The molecule has 1 amide bonds. The monoisotopic (exact) mass is 464 g/mol. The number of carbonyl (C=O) groups is 2. The first-order valence-corrected chi connectivity index (χ1v) is 10.7. The van der Waals surface area contributed by atoms with E-state index in [4.69, 9.17) is 22.2 Å². The van der Waals surface area contributed by atoms with Gasteiger partial charge < -0.3 is 15.5 Å². The highest BCUT2D eigenvalue weighted by molar-refractivity contribution is 6.30. The minimum absolute atomic E-state index is 0.193. The normalized spacial score (nSPS) is 21.6.